The quantitative estimate of drug-likeness (QED) is 0.879. The zero-order chi connectivity index (χ0) is 13.0. The van der Waals surface area contributed by atoms with Gasteiger partial charge in [0.25, 0.3) is 0 Å². The number of carbonyl (C=O) groups excluding carboxylic acids is 1. The van der Waals surface area contributed by atoms with E-state index < -0.39 is 0 Å². The van der Waals surface area contributed by atoms with Crippen LogP contribution in [-0.2, 0) is 11.3 Å². The number of nitrogens with zero attached hydrogens (tertiary/aromatic N) is 2. The summed E-state index contributed by atoms with van der Waals surface area (Å²) in [4.78, 5) is 16.3. The second kappa shape index (κ2) is 5.67. The van der Waals surface area contributed by atoms with Gasteiger partial charge in [-0.2, -0.15) is 0 Å². The van der Waals surface area contributed by atoms with E-state index in [1.54, 1.807) is 0 Å². The number of rotatable bonds is 5. The Hall–Kier alpha value is -1.84. The van der Waals surface area contributed by atoms with Crippen molar-refractivity contribution in [3.05, 3.63) is 36.3 Å². The van der Waals surface area contributed by atoms with E-state index in [2.05, 4.69) is 10.3 Å². The minimum Gasteiger partial charge on any atom is -0.350 e. The third-order valence-electron chi connectivity index (χ3n) is 3.21. The molecular formula is C14H19N3O. The van der Waals surface area contributed by atoms with Crippen molar-refractivity contribution < 1.29 is 4.79 Å². The van der Waals surface area contributed by atoms with Gasteiger partial charge in [0.1, 0.15) is 5.65 Å². The highest BCUT2D eigenvalue weighted by Gasteiger charge is 2.13. The Balaban J connectivity index is 1.99. The standard InChI is InChI=1S/C14H19N3O/c1-3-11(4-2)14(18)15-9-12-10-17-8-6-5-7-13(17)16-12/h5-8,10-11H,3-4,9H2,1-2H3,(H,15,18). The molecule has 0 spiro atoms. The largest absolute Gasteiger partial charge is 0.350 e. The Labute approximate surface area is 107 Å². The van der Waals surface area contributed by atoms with E-state index in [9.17, 15) is 4.79 Å². The van der Waals surface area contributed by atoms with Crippen molar-refractivity contribution in [2.75, 3.05) is 0 Å². The van der Waals surface area contributed by atoms with Gasteiger partial charge in [0.05, 0.1) is 12.2 Å². The summed E-state index contributed by atoms with van der Waals surface area (Å²) in [6.45, 7) is 4.58. The van der Waals surface area contributed by atoms with E-state index in [0.29, 0.717) is 6.54 Å². The molecule has 2 heterocycles. The first kappa shape index (κ1) is 12.6. The van der Waals surface area contributed by atoms with Crippen molar-refractivity contribution in [3.63, 3.8) is 0 Å². The molecule has 1 N–H and O–H groups in total. The van der Waals surface area contributed by atoms with Crippen LogP contribution in [0.4, 0.5) is 0 Å². The van der Waals surface area contributed by atoms with Crippen LogP contribution < -0.4 is 5.32 Å². The molecule has 0 fully saturated rings. The van der Waals surface area contributed by atoms with Gasteiger partial charge in [-0.1, -0.05) is 19.9 Å². The first-order valence-corrected chi connectivity index (χ1v) is 6.45. The summed E-state index contributed by atoms with van der Waals surface area (Å²) in [7, 11) is 0. The molecule has 96 valence electrons. The first-order valence-electron chi connectivity index (χ1n) is 6.45. The van der Waals surface area contributed by atoms with Crippen molar-refractivity contribution in [2.45, 2.75) is 33.2 Å². The highest BCUT2D eigenvalue weighted by molar-refractivity contribution is 5.78. The fourth-order valence-corrected chi connectivity index (χ4v) is 2.05. The van der Waals surface area contributed by atoms with Crippen LogP contribution in [0.2, 0.25) is 0 Å². The topological polar surface area (TPSA) is 46.4 Å². The molecule has 0 saturated heterocycles. The van der Waals surface area contributed by atoms with E-state index in [0.717, 1.165) is 24.2 Å². The van der Waals surface area contributed by atoms with Gasteiger partial charge in [-0.05, 0) is 25.0 Å². The second-order valence-electron chi connectivity index (χ2n) is 4.43. The van der Waals surface area contributed by atoms with Crippen molar-refractivity contribution >= 4 is 11.6 Å². The summed E-state index contributed by atoms with van der Waals surface area (Å²) >= 11 is 0. The maximum Gasteiger partial charge on any atom is 0.223 e. The Kier molecular flexibility index (Phi) is 3.97. The molecule has 0 saturated carbocycles. The van der Waals surface area contributed by atoms with Gasteiger partial charge >= 0.3 is 0 Å². The lowest BCUT2D eigenvalue weighted by Gasteiger charge is -2.11. The molecule has 2 rings (SSSR count). The zero-order valence-electron chi connectivity index (χ0n) is 10.9. The summed E-state index contributed by atoms with van der Waals surface area (Å²) in [6.07, 6.45) is 5.66. The molecule has 0 bridgehead atoms. The van der Waals surface area contributed by atoms with Crippen molar-refractivity contribution in [3.8, 4) is 0 Å². The van der Waals surface area contributed by atoms with Gasteiger partial charge in [0.2, 0.25) is 5.91 Å². The van der Waals surface area contributed by atoms with Crippen molar-refractivity contribution in [1.82, 2.24) is 14.7 Å². The van der Waals surface area contributed by atoms with E-state index >= 15 is 0 Å². The van der Waals surface area contributed by atoms with Gasteiger partial charge in [-0.15, -0.1) is 0 Å². The number of aromatic nitrogens is 2. The van der Waals surface area contributed by atoms with E-state index in [1.165, 1.54) is 0 Å². The number of hydrogen-bond donors (Lipinski definition) is 1. The van der Waals surface area contributed by atoms with Crippen LogP contribution >= 0.6 is 0 Å². The third kappa shape index (κ3) is 2.70. The van der Waals surface area contributed by atoms with E-state index in [1.807, 2.05) is 48.8 Å². The highest BCUT2D eigenvalue weighted by Crippen LogP contribution is 2.08. The molecule has 0 aliphatic heterocycles. The number of nitrogens with one attached hydrogen (secondary N) is 1. The van der Waals surface area contributed by atoms with Crippen LogP contribution in [0.25, 0.3) is 5.65 Å². The number of imidazole rings is 1. The summed E-state index contributed by atoms with van der Waals surface area (Å²) in [5.41, 5.74) is 1.80. The fourth-order valence-electron chi connectivity index (χ4n) is 2.05. The maximum atomic E-state index is 11.8. The summed E-state index contributed by atoms with van der Waals surface area (Å²) in [5.74, 6) is 0.235. The molecule has 4 heteroatoms. The average Bonchev–Trinajstić information content (AvgIpc) is 2.80. The highest BCUT2D eigenvalue weighted by atomic mass is 16.1. The number of carbonyl (C=O) groups is 1. The fraction of sp³-hybridized carbons (Fsp3) is 0.429. The molecule has 0 aliphatic rings. The summed E-state index contributed by atoms with van der Waals surface area (Å²) in [6, 6.07) is 5.86. The first-order chi connectivity index (χ1) is 8.74. The number of amides is 1. The number of pyridine rings is 1. The molecule has 1 amide bonds. The van der Waals surface area contributed by atoms with Gasteiger partial charge in [-0.25, -0.2) is 4.98 Å². The second-order valence-corrected chi connectivity index (χ2v) is 4.43. The Morgan fingerprint density at radius 3 is 2.83 bits per heavy atom. The molecule has 2 aromatic heterocycles. The average molecular weight is 245 g/mol. The van der Waals surface area contributed by atoms with Crippen molar-refractivity contribution in [1.29, 1.82) is 0 Å². The normalized spacial score (nSPS) is 11.1. The lowest BCUT2D eigenvalue weighted by molar-refractivity contribution is -0.125. The molecule has 0 unspecified atom stereocenters. The molecule has 0 radical (unpaired) electrons. The van der Waals surface area contributed by atoms with E-state index in [4.69, 9.17) is 0 Å². The predicted molar refractivity (Wildman–Crippen MR) is 71.1 cm³/mol. The predicted octanol–water partition coefficient (Wildman–Crippen LogP) is 2.39. The molecule has 4 nitrogen and oxygen atoms in total. The van der Waals surface area contributed by atoms with Crippen LogP contribution in [0, 0.1) is 5.92 Å². The number of hydrogen-bond acceptors (Lipinski definition) is 2. The van der Waals surface area contributed by atoms with Gasteiger partial charge < -0.3 is 9.72 Å². The van der Waals surface area contributed by atoms with Crippen LogP contribution in [0.1, 0.15) is 32.4 Å². The Bertz CT molecular complexity index is 496. The SMILES string of the molecule is CCC(CC)C(=O)NCc1cn2ccccc2n1. The van der Waals surface area contributed by atoms with Crippen LogP contribution in [0.3, 0.4) is 0 Å². The Morgan fingerprint density at radius 2 is 2.17 bits per heavy atom. The van der Waals surface area contributed by atoms with Crippen molar-refractivity contribution in [2.24, 2.45) is 5.92 Å². The number of fused-ring (bicyclic) bond motifs is 1. The molecule has 0 aliphatic carbocycles. The lowest BCUT2D eigenvalue weighted by Crippen LogP contribution is -2.29. The van der Waals surface area contributed by atoms with Gasteiger partial charge in [0, 0.05) is 18.3 Å². The molecule has 18 heavy (non-hydrogen) atoms. The molecular weight excluding hydrogens is 226 g/mol. The summed E-state index contributed by atoms with van der Waals surface area (Å²) < 4.78 is 1.96. The molecule has 0 atom stereocenters. The minimum absolute atomic E-state index is 0.113. The lowest BCUT2D eigenvalue weighted by atomic mass is 10.0. The van der Waals surface area contributed by atoms with Gasteiger partial charge in [-0.3, -0.25) is 4.79 Å². The van der Waals surface area contributed by atoms with Crippen LogP contribution in [-0.4, -0.2) is 15.3 Å². The molecule has 2 aromatic rings. The van der Waals surface area contributed by atoms with E-state index in [-0.39, 0.29) is 11.8 Å². The minimum atomic E-state index is 0.113. The van der Waals surface area contributed by atoms with Crippen LogP contribution in [0.15, 0.2) is 30.6 Å². The van der Waals surface area contributed by atoms with Gasteiger partial charge in [0.15, 0.2) is 0 Å². The zero-order valence-corrected chi connectivity index (χ0v) is 10.9. The Morgan fingerprint density at radius 1 is 1.39 bits per heavy atom. The molecule has 0 aromatic carbocycles. The monoisotopic (exact) mass is 245 g/mol. The maximum absolute atomic E-state index is 11.8. The smallest absolute Gasteiger partial charge is 0.223 e. The van der Waals surface area contributed by atoms with Crippen LogP contribution in [0.5, 0.6) is 0 Å². The summed E-state index contributed by atoms with van der Waals surface area (Å²) in [5, 5.41) is 2.95. The third-order valence-corrected chi connectivity index (χ3v) is 3.21.